The Hall–Kier alpha value is -4.43. The van der Waals surface area contributed by atoms with Crippen molar-refractivity contribution in [2.75, 3.05) is 0 Å². The molecule has 0 N–H and O–H groups in total. The van der Waals surface area contributed by atoms with Gasteiger partial charge in [-0.15, -0.1) is 0 Å². The van der Waals surface area contributed by atoms with Crippen molar-refractivity contribution in [1.82, 2.24) is 9.38 Å². The van der Waals surface area contributed by atoms with Crippen LogP contribution in [0.15, 0.2) is 121 Å². The lowest BCUT2D eigenvalue weighted by molar-refractivity contribution is 1.31. The highest BCUT2D eigenvalue weighted by atomic mass is 15.0. The van der Waals surface area contributed by atoms with Crippen LogP contribution in [0.2, 0.25) is 0 Å². The predicted octanol–water partition coefficient (Wildman–Crippen LogP) is 8.13. The average molecular weight is 421 g/mol. The van der Waals surface area contributed by atoms with Gasteiger partial charge in [-0.3, -0.25) is 4.40 Å². The summed E-state index contributed by atoms with van der Waals surface area (Å²) in [6.07, 6.45) is 0. The van der Waals surface area contributed by atoms with Gasteiger partial charge in [0.1, 0.15) is 5.65 Å². The Morgan fingerprint density at radius 3 is 1.79 bits per heavy atom. The van der Waals surface area contributed by atoms with Crippen LogP contribution in [0.25, 0.3) is 60.6 Å². The lowest BCUT2D eigenvalue weighted by atomic mass is 10.00. The van der Waals surface area contributed by atoms with E-state index in [1.54, 1.807) is 0 Å². The third kappa shape index (κ3) is 2.78. The molecular weight excluding hydrogens is 400 g/mol. The Kier molecular flexibility index (Phi) is 3.88. The molecule has 33 heavy (non-hydrogen) atoms. The summed E-state index contributed by atoms with van der Waals surface area (Å²) in [5.74, 6) is 0. The minimum absolute atomic E-state index is 1.01. The van der Waals surface area contributed by atoms with Crippen LogP contribution in [0.4, 0.5) is 0 Å². The molecule has 0 aliphatic heterocycles. The molecule has 2 aromatic heterocycles. The second kappa shape index (κ2) is 7.04. The van der Waals surface area contributed by atoms with Crippen LogP contribution in [0.5, 0.6) is 0 Å². The van der Waals surface area contributed by atoms with Crippen LogP contribution in [0, 0.1) is 0 Å². The Morgan fingerprint density at radius 2 is 1.00 bits per heavy atom. The maximum absolute atomic E-state index is 5.11. The number of rotatable bonds is 2. The molecular formula is C31H20N2. The third-order valence-corrected chi connectivity index (χ3v) is 6.58. The van der Waals surface area contributed by atoms with Gasteiger partial charge in [-0.25, -0.2) is 4.98 Å². The molecule has 0 spiro atoms. The van der Waals surface area contributed by atoms with Crippen LogP contribution in [0.1, 0.15) is 0 Å². The van der Waals surface area contributed by atoms with E-state index < -0.39 is 0 Å². The van der Waals surface area contributed by atoms with E-state index in [1.165, 1.54) is 43.9 Å². The molecule has 0 radical (unpaired) electrons. The molecule has 0 aliphatic rings. The van der Waals surface area contributed by atoms with Crippen molar-refractivity contribution in [1.29, 1.82) is 0 Å². The number of para-hydroxylation sites is 1. The molecule has 0 amide bonds. The smallest absolute Gasteiger partial charge is 0.146 e. The van der Waals surface area contributed by atoms with E-state index in [9.17, 15) is 0 Å². The summed E-state index contributed by atoms with van der Waals surface area (Å²) < 4.78 is 2.30. The summed E-state index contributed by atoms with van der Waals surface area (Å²) in [7, 11) is 0. The molecule has 0 fully saturated rings. The van der Waals surface area contributed by atoms with Gasteiger partial charge in [-0.2, -0.15) is 0 Å². The first-order valence-corrected chi connectivity index (χ1v) is 11.2. The van der Waals surface area contributed by atoms with Crippen LogP contribution in [-0.2, 0) is 0 Å². The normalized spacial score (nSPS) is 11.6. The summed E-state index contributed by atoms with van der Waals surface area (Å²) in [4.78, 5) is 5.11. The number of hydrogen-bond acceptors (Lipinski definition) is 1. The van der Waals surface area contributed by atoms with Crippen molar-refractivity contribution in [3.8, 4) is 22.3 Å². The fourth-order valence-corrected chi connectivity index (χ4v) is 4.98. The van der Waals surface area contributed by atoms with Gasteiger partial charge in [-0.1, -0.05) is 103 Å². The van der Waals surface area contributed by atoms with Gasteiger partial charge in [0, 0.05) is 10.8 Å². The Morgan fingerprint density at radius 1 is 0.424 bits per heavy atom. The Labute approximate surface area is 191 Å². The highest BCUT2D eigenvalue weighted by Crippen LogP contribution is 2.34. The summed E-state index contributed by atoms with van der Waals surface area (Å²) in [5, 5.41) is 3.68. The first-order valence-electron chi connectivity index (χ1n) is 11.2. The van der Waals surface area contributed by atoms with Gasteiger partial charge in [0.2, 0.25) is 0 Å². The van der Waals surface area contributed by atoms with Gasteiger partial charge in [0.15, 0.2) is 0 Å². The minimum atomic E-state index is 1.01. The summed E-state index contributed by atoms with van der Waals surface area (Å²) in [5.41, 5.74) is 9.19. The first kappa shape index (κ1) is 18.2. The topological polar surface area (TPSA) is 17.3 Å². The van der Waals surface area contributed by atoms with Crippen molar-refractivity contribution in [3.63, 3.8) is 0 Å². The summed E-state index contributed by atoms with van der Waals surface area (Å²) >= 11 is 0. The Bertz CT molecular complexity index is 1790. The number of pyridine rings is 1. The number of benzene rings is 5. The molecule has 7 aromatic rings. The van der Waals surface area contributed by atoms with Crippen molar-refractivity contribution >= 4 is 38.4 Å². The Balaban J connectivity index is 1.43. The van der Waals surface area contributed by atoms with E-state index in [-0.39, 0.29) is 0 Å². The molecule has 0 aliphatic carbocycles. The van der Waals surface area contributed by atoms with Crippen LogP contribution in [0.3, 0.4) is 0 Å². The van der Waals surface area contributed by atoms with Crippen molar-refractivity contribution in [2.45, 2.75) is 0 Å². The number of aromatic nitrogens is 2. The zero-order chi connectivity index (χ0) is 21.8. The molecule has 0 atom stereocenters. The predicted molar refractivity (Wildman–Crippen MR) is 139 cm³/mol. The van der Waals surface area contributed by atoms with E-state index in [4.69, 9.17) is 4.98 Å². The maximum Gasteiger partial charge on any atom is 0.146 e. The lowest BCUT2D eigenvalue weighted by Crippen LogP contribution is -1.90. The zero-order valence-electron chi connectivity index (χ0n) is 17.9. The summed E-state index contributed by atoms with van der Waals surface area (Å²) in [6.45, 7) is 0. The second-order valence-electron chi connectivity index (χ2n) is 8.48. The second-order valence-corrected chi connectivity index (χ2v) is 8.48. The molecule has 0 saturated heterocycles. The van der Waals surface area contributed by atoms with E-state index in [0.29, 0.717) is 0 Å². The van der Waals surface area contributed by atoms with Crippen molar-refractivity contribution in [2.24, 2.45) is 0 Å². The highest BCUT2D eigenvalue weighted by Gasteiger charge is 2.13. The minimum Gasteiger partial charge on any atom is -0.292 e. The number of fused-ring (bicyclic) bond motifs is 8. The fraction of sp³-hybridized carbons (Fsp3) is 0. The zero-order valence-corrected chi connectivity index (χ0v) is 17.9. The van der Waals surface area contributed by atoms with E-state index in [1.807, 2.05) is 6.07 Å². The van der Waals surface area contributed by atoms with Gasteiger partial charge in [0.25, 0.3) is 0 Å². The maximum atomic E-state index is 5.11. The quantitative estimate of drug-likeness (QED) is 0.258. The SMILES string of the molecule is c1ccc(-c2ccc(-c3ccc4c(c3)nc3c5ccccc5c5ccccc5n43)cc2)cc1. The van der Waals surface area contributed by atoms with Gasteiger partial charge in [0.05, 0.1) is 16.6 Å². The molecule has 0 unspecified atom stereocenters. The first-order chi connectivity index (χ1) is 16.4. The van der Waals surface area contributed by atoms with Gasteiger partial charge >= 0.3 is 0 Å². The van der Waals surface area contributed by atoms with Crippen LogP contribution >= 0.6 is 0 Å². The van der Waals surface area contributed by atoms with E-state index >= 15 is 0 Å². The van der Waals surface area contributed by atoms with Crippen molar-refractivity contribution < 1.29 is 0 Å². The van der Waals surface area contributed by atoms with E-state index in [0.717, 1.165) is 16.7 Å². The number of imidazole rings is 1. The average Bonchev–Trinajstić information content (AvgIpc) is 3.29. The monoisotopic (exact) mass is 420 g/mol. The fourth-order valence-electron chi connectivity index (χ4n) is 4.98. The molecule has 5 aromatic carbocycles. The van der Waals surface area contributed by atoms with Gasteiger partial charge < -0.3 is 0 Å². The summed E-state index contributed by atoms with van der Waals surface area (Å²) in [6, 6.07) is 43.1. The van der Waals surface area contributed by atoms with Crippen LogP contribution in [-0.4, -0.2) is 9.38 Å². The molecule has 2 nitrogen and oxygen atoms in total. The molecule has 2 heterocycles. The van der Waals surface area contributed by atoms with Gasteiger partial charge in [-0.05, 0) is 45.8 Å². The molecule has 0 bridgehead atoms. The van der Waals surface area contributed by atoms with Crippen molar-refractivity contribution in [3.05, 3.63) is 121 Å². The number of hydrogen-bond donors (Lipinski definition) is 0. The van der Waals surface area contributed by atoms with E-state index in [2.05, 4.69) is 120 Å². The molecule has 0 saturated carbocycles. The third-order valence-electron chi connectivity index (χ3n) is 6.58. The molecule has 154 valence electrons. The highest BCUT2D eigenvalue weighted by molar-refractivity contribution is 6.13. The largest absolute Gasteiger partial charge is 0.292 e. The lowest BCUT2D eigenvalue weighted by Gasteiger charge is -2.08. The number of nitrogens with zero attached hydrogens (tertiary/aromatic N) is 2. The standard InChI is InChI=1S/C31H20N2/c1-2-8-21(9-3-1)22-14-16-23(17-15-22)24-18-19-30-28(20-24)32-31-27-12-5-4-10-25(27)26-11-6-7-13-29(26)33(30)31/h1-20H. The molecule has 7 rings (SSSR count). The molecule has 2 heteroatoms. The van der Waals surface area contributed by atoms with Crippen LogP contribution < -0.4 is 0 Å².